The Balaban J connectivity index is 1.45. The number of β-amino-alcohol motifs (C(OH)–C–C–N with tert-alkyl or cyclic N) is 1. The van der Waals surface area contributed by atoms with Crippen molar-refractivity contribution < 1.29 is 23.5 Å². The molecule has 174 valence electrons. The summed E-state index contributed by atoms with van der Waals surface area (Å²) in [5.41, 5.74) is 1.63. The number of nitrogens with zero attached hydrogens (tertiary/aromatic N) is 3. The number of benzene rings is 2. The van der Waals surface area contributed by atoms with Crippen LogP contribution in [-0.2, 0) is 11.3 Å². The van der Waals surface area contributed by atoms with E-state index in [0.29, 0.717) is 30.9 Å². The maximum atomic E-state index is 14.4. The van der Waals surface area contributed by atoms with Gasteiger partial charge in [0.15, 0.2) is 5.82 Å². The first-order valence-corrected chi connectivity index (χ1v) is 10.9. The van der Waals surface area contributed by atoms with Crippen LogP contribution >= 0.6 is 0 Å². The van der Waals surface area contributed by atoms with Gasteiger partial charge >= 0.3 is 0 Å². The normalized spacial score (nSPS) is 17.1. The van der Waals surface area contributed by atoms with Gasteiger partial charge in [-0.3, -0.25) is 9.59 Å². The van der Waals surface area contributed by atoms with Crippen molar-refractivity contribution in [3.8, 4) is 11.4 Å². The third-order valence-corrected chi connectivity index (χ3v) is 6.06. The highest BCUT2D eigenvalue weighted by molar-refractivity contribution is 6.03. The van der Waals surface area contributed by atoms with Gasteiger partial charge in [-0.15, -0.1) is 0 Å². The van der Waals surface area contributed by atoms with Gasteiger partial charge in [-0.05, 0) is 36.2 Å². The van der Waals surface area contributed by atoms with Crippen LogP contribution in [0.3, 0.4) is 0 Å². The van der Waals surface area contributed by atoms with E-state index >= 15 is 0 Å². The molecule has 0 spiro atoms. The van der Waals surface area contributed by atoms with Crippen LogP contribution in [0.15, 0.2) is 42.5 Å². The van der Waals surface area contributed by atoms with Gasteiger partial charge in [0.05, 0.1) is 30.3 Å². The standard InChI is InChI=1S/C24H21F2N5O3/c25-16-2-1-3-17(26)19(16)21-29-18-12-27-23(33)20(18)22(30-21)28-14-6-4-13(5-7-14)15-8-9-31(10-11-32)24(15)34/h1-7,15,32H,8-12H2,(H,27,33)(H,28,29,30)/t15-/m1/s1. The van der Waals surface area contributed by atoms with Crippen molar-refractivity contribution in [2.75, 3.05) is 25.0 Å². The number of aliphatic hydroxyl groups is 1. The zero-order valence-corrected chi connectivity index (χ0v) is 18.0. The summed E-state index contributed by atoms with van der Waals surface area (Å²) in [4.78, 5) is 35.0. The fraction of sp³-hybridized carbons (Fsp3) is 0.250. The Kier molecular flexibility index (Phi) is 5.66. The third-order valence-electron chi connectivity index (χ3n) is 6.06. The molecule has 1 atom stereocenters. The van der Waals surface area contributed by atoms with Gasteiger partial charge in [0.1, 0.15) is 23.0 Å². The van der Waals surface area contributed by atoms with E-state index in [-0.39, 0.29) is 53.7 Å². The van der Waals surface area contributed by atoms with Crippen molar-refractivity contribution in [3.63, 3.8) is 0 Å². The van der Waals surface area contributed by atoms with E-state index in [9.17, 15) is 18.4 Å². The molecule has 2 amide bonds. The van der Waals surface area contributed by atoms with Crippen molar-refractivity contribution in [1.29, 1.82) is 0 Å². The molecule has 3 heterocycles. The number of aliphatic hydroxyl groups excluding tert-OH is 1. The maximum absolute atomic E-state index is 14.4. The summed E-state index contributed by atoms with van der Waals surface area (Å²) >= 11 is 0. The van der Waals surface area contributed by atoms with E-state index in [4.69, 9.17) is 5.11 Å². The van der Waals surface area contributed by atoms with Crippen molar-refractivity contribution in [2.24, 2.45) is 0 Å². The number of carbonyl (C=O) groups is 2. The first kappa shape index (κ1) is 21.9. The molecule has 0 saturated carbocycles. The lowest BCUT2D eigenvalue weighted by Gasteiger charge is -2.15. The summed E-state index contributed by atoms with van der Waals surface area (Å²) < 4.78 is 28.7. The molecule has 2 aliphatic rings. The van der Waals surface area contributed by atoms with E-state index in [1.807, 2.05) is 12.1 Å². The van der Waals surface area contributed by atoms with Crippen molar-refractivity contribution in [2.45, 2.75) is 18.9 Å². The fourth-order valence-electron chi connectivity index (χ4n) is 4.37. The predicted octanol–water partition coefficient (Wildman–Crippen LogP) is 2.72. The van der Waals surface area contributed by atoms with Gasteiger partial charge in [0, 0.05) is 18.8 Å². The summed E-state index contributed by atoms with van der Waals surface area (Å²) in [6.07, 6.45) is 0.669. The SMILES string of the molecule is O=C1NCc2nc(-c3c(F)cccc3F)nc(Nc3ccc([C@H]4CCN(CCO)C4=O)cc3)c21. The van der Waals surface area contributed by atoms with E-state index in [1.165, 1.54) is 6.07 Å². The summed E-state index contributed by atoms with van der Waals surface area (Å²) in [7, 11) is 0. The Morgan fingerprint density at radius 1 is 1.06 bits per heavy atom. The summed E-state index contributed by atoms with van der Waals surface area (Å²) in [5, 5.41) is 14.8. The molecule has 2 aliphatic heterocycles. The minimum Gasteiger partial charge on any atom is -0.395 e. The molecular formula is C24H21F2N5O3. The number of rotatable bonds is 6. The van der Waals surface area contributed by atoms with Gasteiger partial charge < -0.3 is 20.6 Å². The Hall–Kier alpha value is -3.92. The zero-order valence-electron chi connectivity index (χ0n) is 18.0. The molecule has 8 nitrogen and oxygen atoms in total. The molecule has 1 aromatic heterocycles. The second-order valence-electron chi connectivity index (χ2n) is 8.13. The second-order valence-corrected chi connectivity index (χ2v) is 8.13. The predicted molar refractivity (Wildman–Crippen MR) is 119 cm³/mol. The number of aromatic nitrogens is 2. The summed E-state index contributed by atoms with van der Waals surface area (Å²) in [6.45, 7) is 0.973. The van der Waals surface area contributed by atoms with Gasteiger partial charge in [0.2, 0.25) is 5.91 Å². The van der Waals surface area contributed by atoms with Crippen LogP contribution < -0.4 is 10.6 Å². The number of amides is 2. The maximum Gasteiger partial charge on any atom is 0.257 e. The molecule has 5 rings (SSSR count). The lowest BCUT2D eigenvalue weighted by Crippen LogP contribution is -2.29. The Morgan fingerprint density at radius 2 is 1.79 bits per heavy atom. The quantitative estimate of drug-likeness (QED) is 0.517. The molecule has 1 fully saturated rings. The molecular weight excluding hydrogens is 444 g/mol. The fourth-order valence-corrected chi connectivity index (χ4v) is 4.37. The number of hydrogen-bond acceptors (Lipinski definition) is 6. The van der Waals surface area contributed by atoms with Gasteiger partial charge in [-0.25, -0.2) is 18.7 Å². The molecule has 0 aliphatic carbocycles. The molecule has 0 bridgehead atoms. The molecule has 3 N–H and O–H groups in total. The number of halogens is 2. The minimum atomic E-state index is -0.802. The lowest BCUT2D eigenvalue weighted by molar-refractivity contribution is -0.129. The number of fused-ring (bicyclic) bond motifs is 1. The van der Waals surface area contributed by atoms with Crippen LogP contribution in [0.25, 0.3) is 11.4 Å². The van der Waals surface area contributed by atoms with Crippen molar-refractivity contribution >= 4 is 23.3 Å². The third kappa shape index (κ3) is 3.86. The second kappa shape index (κ2) is 8.79. The molecule has 34 heavy (non-hydrogen) atoms. The first-order chi connectivity index (χ1) is 16.5. The zero-order chi connectivity index (χ0) is 23.8. The number of nitrogens with one attached hydrogen (secondary N) is 2. The Labute approximate surface area is 193 Å². The molecule has 2 aromatic carbocycles. The number of anilines is 2. The number of likely N-dealkylation sites (tertiary alicyclic amines) is 1. The highest BCUT2D eigenvalue weighted by Gasteiger charge is 2.32. The highest BCUT2D eigenvalue weighted by atomic mass is 19.1. The van der Waals surface area contributed by atoms with E-state index < -0.39 is 11.6 Å². The molecule has 3 aromatic rings. The van der Waals surface area contributed by atoms with Crippen molar-refractivity contribution in [1.82, 2.24) is 20.2 Å². The summed E-state index contributed by atoms with van der Waals surface area (Å²) in [6, 6.07) is 10.6. The average Bonchev–Trinajstić information content (AvgIpc) is 3.37. The Morgan fingerprint density at radius 3 is 2.50 bits per heavy atom. The topological polar surface area (TPSA) is 107 Å². The summed E-state index contributed by atoms with van der Waals surface area (Å²) in [5.74, 6) is -2.30. The van der Waals surface area contributed by atoms with Gasteiger partial charge in [-0.2, -0.15) is 0 Å². The lowest BCUT2D eigenvalue weighted by atomic mass is 9.97. The van der Waals surface area contributed by atoms with Crippen LogP contribution in [0.4, 0.5) is 20.3 Å². The van der Waals surface area contributed by atoms with Crippen LogP contribution in [0, 0.1) is 11.6 Å². The monoisotopic (exact) mass is 465 g/mol. The van der Waals surface area contributed by atoms with Crippen LogP contribution in [0.5, 0.6) is 0 Å². The first-order valence-electron chi connectivity index (χ1n) is 10.9. The minimum absolute atomic E-state index is 0.0170. The Bertz CT molecular complexity index is 1260. The molecule has 0 unspecified atom stereocenters. The highest BCUT2D eigenvalue weighted by Crippen LogP contribution is 2.32. The molecule has 10 heteroatoms. The van der Waals surface area contributed by atoms with Gasteiger partial charge in [-0.1, -0.05) is 18.2 Å². The smallest absolute Gasteiger partial charge is 0.257 e. The van der Waals surface area contributed by atoms with Crippen LogP contribution in [0.2, 0.25) is 0 Å². The van der Waals surface area contributed by atoms with Crippen molar-refractivity contribution in [3.05, 3.63) is 70.9 Å². The van der Waals surface area contributed by atoms with Gasteiger partial charge in [0.25, 0.3) is 5.91 Å². The number of carbonyl (C=O) groups excluding carboxylic acids is 2. The van der Waals surface area contributed by atoms with E-state index in [0.717, 1.165) is 17.7 Å². The van der Waals surface area contributed by atoms with Crippen LogP contribution in [0.1, 0.15) is 34.0 Å². The van der Waals surface area contributed by atoms with E-state index in [1.54, 1.807) is 17.0 Å². The number of hydrogen-bond donors (Lipinski definition) is 3. The van der Waals surface area contributed by atoms with Crippen LogP contribution in [-0.4, -0.2) is 51.5 Å². The average molecular weight is 465 g/mol. The molecule has 1 saturated heterocycles. The largest absolute Gasteiger partial charge is 0.395 e. The molecule has 0 radical (unpaired) electrons. The van der Waals surface area contributed by atoms with E-state index in [2.05, 4.69) is 20.6 Å².